The number of nitrogens with zero attached hydrogens (tertiary/aromatic N) is 1. The Morgan fingerprint density at radius 3 is 3.00 bits per heavy atom. The molecule has 2 rings (SSSR count). The van der Waals surface area contributed by atoms with E-state index in [0.29, 0.717) is 0 Å². The summed E-state index contributed by atoms with van der Waals surface area (Å²) in [6.45, 7) is 9.57. The zero-order chi connectivity index (χ0) is 12.8. The highest BCUT2D eigenvalue weighted by Crippen LogP contribution is 2.29. The van der Waals surface area contributed by atoms with Crippen LogP contribution in [0.1, 0.15) is 13.3 Å². The Morgan fingerprint density at radius 2 is 2.33 bits per heavy atom. The molecule has 0 radical (unpaired) electrons. The molecule has 0 aromatic heterocycles. The van der Waals surface area contributed by atoms with Crippen LogP contribution in [0, 0.1) is 5.41 Å². The van der Waals surface area contributed by atoms with E-state index in [1.807, 2.05) is 0 Å². The maximum absolute atomic E-state index is 9.19. The summed E-state index contributed by atoms with van der Waals surface area (Å²) in [5, 5.41) is 12.6. The predicted molar refractivity (Wildman–Crippen MR) is 69.7 cm³/mol. The fourth-order valence-corrected chi connectivity index (χ4v) is 2.87. The highest BCUT2D eigenvalue weighted by atomic mass is 16.5. The van der Waals surface area contributed by atoms with Crippen molar-refractivity contribution < 1.29 is 14.6 Å². The standard InChI is InChI=1S/C13H26N2O3/c1-2-14-9-13(3-5-17-11-13)10-15-4-6-18-12(7-15)8-16/h12,14,16H,2-11H2,1H3. The van der Waals surface area contributed by atoms with Gasteiger partial charge in [-0.2, -0.15) is 0 Å². The van der Waals surface area contributed by atoms with Crippen molar-refractivity contribution in [3.63, 3.8) is 0 Å². The number of rotatable bonds is 6. The van der Waals surface area contributed by atoms with E-state index < -0.39 is 0 Å². The van der Waals surface area contributed by atoms with Gasteiger partial charge in [0, 0.05) is 38.2 Å². The molecule has 2 aliphatic heterocycles. The van der Waals surface area contributed by atoms with Gasteiger partial charge in [0.25, 0.3) is 0 Å². The third-order valence-corrected chi connectivity index (χ3v) is 3.92. The van der Waals surface area contributed by atoms with Crippen molar-refractivity contribution in [2.75, 3.05) is 59.2 Å². The van der Waals surface area contributed by atoms with Gasteiger partial charge in [-0.05, 0) is 13.0 Å². The normalized spacial score (nSPS) is 34.0. The third-order valence-electron chi connectivity index (χ3n) is 3.92. The molecule has 2 aliphatic rings. The molecular weight excluding hydrogens is 232 g/mol. The van der Waals surface area contributed by atoms with Crippen LogP contribution in [0.3, 0.4) is 0 Å². The number of morpholine rings is 1. The minimum Gasteiger partial charge on any atom is -0.394 e. The van der Waals surface area contributed by atoms with Crippen molar-refractivity contribution in [1.82, 2.24) is 10.2 Å². The first-order valence-electron chi connectivity index (χ1n) is 7.01. The van der Waals surface area contributed by atoms with Crippen LogP contribution in [0.2, 0.25) is 0 Å². The largest absolute Gasteiger partial charge is 0.394 e. The minimum atomic E-state index is -0.0164. The van der Waals surface area contributed by atoms with E-state index in [9.17, 15) is 5.11 Å². The lowest BCUT2D eigenvalue weighted by atomic mass is 9.86. The summed E-state index contributed by atoms with van der Waals surface area (Å²) in [4.78, 5) is 2.41. The fraction of sp³-hybridized carbons (Fsp3) is 1.00. The number of nitrogens with one attached hydrogen (secondary N) is 1. The van der Waals surface area contributed by atoms with Gasteiger partial charge in [-0.15, -0.1) is 0 Å². The molecule has 0 aliphatic carbocycles. The molecule has 106 valence electrons. The van der Waals surface area contributed by atoms with Crippen LogP contribution in [0.5, 0.6) is 0 Å². The Labute approximate surface area is 109 Å². The lowest BCUT2D eigenvalue weighted by Gasteiger charge is -2.38. The van der Waals surface area contributed by atoms with Gasteiger partial charge in [0.2, 0.25) is 0 Å². The Kier molecular flexibility index (Phi) is 5.38. The molecule has 2 saturated heterocycles. The highest BCUT2D eigenvalue weighted by molar-refractivity contribution is 4.89. The minimum absolute atomic E-state index is 0.0164. The van der Waals surface area contributed by atoms with E-state index in [-0.39, 0.29) is 18.1 Å². The Bertz CT molecular complexity index is 244. The second kappa shape index (κ2) is 6.82. The second-order valence-corrected chi connectivity index (χ2v) is 5.49. The van der Waals surface area contributed by atoms with Crippen LogP contribution in [0.25, 0.3) is 0 Å². The van der Waals surface area contributed by atoms with Crippen LogP contribution >= 0.6 is 0 Å². The van der Waals surface area contributed by atoms with Crippen LogP contribution in [0.4, 0.5) is 0 Å². The van der Waals surface area contributed by atoms with E-state index in [4.69, 9.17) is 9.47 Å². The molecule has 2 heterocycles. The lowest BCUT2D eigenvalue weighted by Crippen LogP contribution is -2.51. The Balaban J connectivity index is 1.87. The van der Waals surface area contributed by atoms with Gasteiger partial charge in [0.05, 0.1) is 25.9 Å². The molecule has 2 unspecified atom stereocenters. The van der Waals surface area contributed by atoms with Crippen LogP contribution in [-0.2, 0) is 9.47 Å². The quantitative estimate of drug-likeness (QED) is 0.685. The number of ether oxygens (including phenoxy) is 2. The molecule has 2 N–H and O–H groups in total. The smallest absolute Gasteiger partial charge is 0.0932 e. The molecule has 0 spiro atoms. The molecule has 2 fully saturated rings. The van der Waals surface area contributed by atoms with Crippen molar-refractivity contribution in [2.45, 2.75) is 19.4 Å². The average Bonchev–Trinajstić information content (AvgIpc) is 2.85. The first kappa shape index (κ1) is 14.2. The molecule has 0 aromatic rings. The summed E-state index contributed by atoms with van der Waals surface area (Å²) in [6.07, 6.45) is 1.11. The Morgan fingerprint density at radius 1 is 1.44 bits per heavy atom. The van der Waals surface area contributed by atoms with Gasteiger partial charge in [0.1, 0.15) is 0 Å². The molecular formula is C13H26N2O3. The lowest BCUT2D eigenvalue weighted by molar-refractivity contribution is -0.0630. The zero-order valence-electron chi connectivity index (χ0n) is 11.4. The molecule has 5 nitrogen and oxygen atoms in total. The maximum Gasteiger partial charge on any atom is 0.0932 e. The molecule has 18 heavy (non-hydrogen) atoms. The monoisotopic (exact) mass is 258 g/mol. The van der Waals surface area contributed by atoms with Crippen molar-refractivity contribution >= 4 is 0 Å². The summed E-state index contributed by atoms with van der Waals surface area (Å²) in [6, 6.07) is 0. The third kappa shape index (κ3) is 3.65. The summed E-state index contributed by atoms with van der Waals surface area (Å²) in [5.41, 5.74) is 0.243. The van der Waals surface area contributed by atoms with Crippen molar-refractivity contribution in [2.24, 2.45) is 5.41 Å². The fourth-order valence-electron chi connectivity index (χ4n) is 2.87. The van der Waals surface area contributed by atoms with Crippen molar-refractivity contribution in [3.05, 3.63) is 0 Å². The van der Waals surface area contributed by atoms with Gasteiger partial charge in [-0.3, -0.25) is 4.90 Å². The van der Waals surface area contributed by atoms with E-state index in [1.54, 1.807) is 0 Å². The number of hydrogen-bond acceptors (Lipinski definition) is 5. The molecule has 2 atom stereocenters. The topological polar surface area (TPSA) is 54.0 Å². The number of aliphatic hydroxyl groups is 1. The first-order chi connectivity index (χ1) is 8.78. The molecule has 5 heteroatoms. The first-order valence-corrected chi connectivity index (χ1v) is 7.01. The van der Waals surface area contributed by atoms with Gasteiger partial charge in [-0.25, -0.2) is 0 Å². The SMILES string of the molecule is CCNCC1(CN2CCOC(CO)C2)CCOC1. The molecule has 0 saturated carbocycles. The average molecular weight is 258 g/mol. The van der Waals surface area contributed by atoms with Gasteiger partial charge in [0.15, 0.2) is 0 Å². The Hall–Kier alpha value is -0.200. The highest BCUT2D eigenvalue weighted by Gasteiger charge is 2.37. The number of hydrogen-bond donors (Lipinski definition) is 2. The van der Waals surface area contributed by atoms with Crippen LogP contribution < -0.4 is 5.32 Å². The van der Waals surface area contributed by atoms with E-state index >= 15 is 0 Å². The summed E-state index contributed by atoms with van der Waals surface area (Å²) in [7, 11) is 0. The van der Waals surface area contributed by atoms with Gasteiger partial charge in [-0.1, -0.05) is 6.92 Å². The van der Waals surface area contributed by atoms with Crippen molar-refractivity contribution in [1.29, 1.82) is 0 Å². The van der Waals surface area contributed by atoms with E-state index in [0.717, 1.165) is 59.0 Å². The molecule has 0 bridgehead atoms. The van der Waals surface area contributed by atoms with Gasteiger partial charge >= 0.3 is 0 Å². The summed E-state index contributed by atoms with van der Waals surface area (Å²) >= 11 is 0. The molecule has 0 amide bonds. The van der Waals surface area contributed by atoms with Crippen molar-refractivity contribution in [3.8, 4) is 0 Å². The summed E-state index contributed by atoms with van der Waals surface area (Å²) in [5.74, 6) is 0. The zero-order valence-corrected chi connectivity index (χ0v) is 11.4. The molecule has 0 aromatic carbocycles. The van der Waals surface area contributed by atoms with E-state index in [1.165, 1.54) is 0 Å². The second-order valence-electron chi connectivity index (χ2n) is 5.49. The van der Waals surface area contributed by atoms with Crippen LogP contribution in [-0.4, -0.2) is 75.3 Å². The number of aliphatic hydroxyl groups excluding tert-OH is 1. The maximum atomic E-state index is 9.19. The van der Waals surface area contributed by atoms with Crippen LogP contribution in [0.15, 0.2) is 0 Å². The van der Waals surface area contributed by atoms with Gasteiger partial charge < -0.3 is 19.9 Å². The summed E-state index contributed by atoms with van der Waals surface area (Å²) < 4.78 is 11.1. The predicted octanol–water partition coefficient (Wildman–Crippen LogP) is -0.304. The van der Waals surface area contributed by atoms with E-state index in [2.05, 4.69) is 17.1 Å².